The van der Waals surface area contributed by atoms with Gasteiger partial charge in [0.15, 0.2) is 5.78 Å². The van der Waals surface area contributed by atoms with Crippen molar-refractivity contribution in [1.29, 1.82) is 0 Å². The lowest BCUT2D eigenvalue weighted by molar-refractivity contribution is -0.689. The molecule has 32 heavy (non-hydrogen) atoms. The summed E-state index contributed by atoms with van der Waals surface area (Å²) in [5.74, 6) is -0.0781. The molecular formula is C26H30BrN3O2. The molecule has 5 nitrogen and oxygen atoms in total. The first-order valence-electron chi connectivity index (χ1n) is 10.9. The van der Waals surface area contributed by atoms with Crippen molar-refractivity contribution in [3.05, 3.63) is 90.0 Å². The Morgan fingerprint density at radius 3 is 2.09 bits per heavy atom. The van der Waals surface area contributed by atoms with Crippen molar-refractivity contribution in [2.75, 3.05) is 0 Å². The topological polar surface area (TPSA) is 69.0 Å². The molecule has 0 saturated heterocycles. The fraction of sp³-hybridized carbons (Fsp3) is 0.346. The second kappa shape index (κ2) is 9.82. The molecular weight excluding hydrogens is 466 g/mol. The van der Waals surface area contributed by atoms with E-state index < -0.39 is 5.41 Å². The van der Waals surface area contributed by atoms with Crippen molar-refractivity contribution in [2.45, 2.75) is 51.1 Å². The zero-order valence-corrected chi connectivity index (χ0v) is 20.2. The third-order valence-electron chi connectivity index (χ3n) is 6.74. The van der Waals surface area contributed by atoms with Crippen molar-refractivity contribution in [3.63, 3.8) is 0 Å². The van der Waals surface area contributed by atoms with Crippen LogP contribution in [0.2, 0.25) is 0 Å². The zero-order valence-electron chi connectivity index (χ0n) is 18.6. The first-order chi connectivity index (χ1) is 14.9. The van der Waals surface area contributed by atoms with Gasteiger partial charge in [0.2, 0.25) is 12.2 Å². The highest BCUT2D eigenvalue weighted by Crippen LogP contribution is 2.49. The first kappa shape index (κ1) is 23.9. The standard InChI is InChI=1S/C26H29N3O2.BrH/c1-19-16-29(18-28(19)17-20(2)30)24-14-13-23(15-24)26(25(27)31,21-9-5-3-6-10-21)22-11-7-4-8-12-22;/h3-12,16,18,23-24H,13-15,17H2,1-2H3,(H-,27,31);1H/t23-,24-;/m0./s1. The summed E-state index contributed by atoms with van der Waals surface area (Å²) < 4.78 is 4.20. The average molecular weight is 496 g/mol. The highest BCUT2D eigenvalue weighted by molar-refractivity contribution is 5.91. The lowest BCUT2D eigenvalue weighted by atomic mass is 9.64. The van der Waals surface area contributed by atoms with Crippen LogP contribution < -0.4 is 27.3 Å². The fourth-order valence-electron chi connectivity index (χ4n) is 5.33. The minimum absolute atomic E-state index is 0. The van der Waals surface area contributed by atoms with E-state index in [1.807, 2.05) is 78.5 Å². The maximum atomic E-state index is 13.2. The van der Waals surface area contributed by atoms with Gasteiger partial charge in [0.05, 0.1) is 0 Å². The summed E-state index contributed by atoms with van der Waals surface area (Å²) in [4.78, 5) is 24.8. The number of imidazole rings is 1. The van der Waals surface area contributed by atoms with Gasteiger partial charge >= 0.3 is 0 Å². The van der Waals surface area contributed by atoms with E-state index in [9.17, 15) is 9.59 Å². The van der Waals surface area contributed by atoms with Crippen molar-refractivity contribution >= 4 is 11.7 Å². The van der Waals surface area contributed by atoms with Gasteiger partial charge in [0.25, 0.3) is 0 Å². The van der Waals surface area contributed by atoms with Gasteiger partial charge in [0.1, 0.15) is 29.9 Å². The minimum Gasteiger partial charge on any atom is -1.00 e. The number of Topliss-reactive ketones (excluding diaryl/α,β-unsaturated/α-hetero) is 1. The van der Waals surface area contributed by atoms with Crippen LogP contribution in [0, 0.1) is 12.8 Å². The maximum Gasteiger partial charge on any atom is 0.244 e. The molecule has 1 heterocycles. The van der Waals surface area contributed by atoms with Gasteiger partial charge in [-0.15, -0.1) is 0 Å². The third kappa shape index (κ3) is 4.29. The van der Waals surface area contributed by atoms with E-state index in [1.54, 1.807) is 6.92 Å². The molecule has 3 aromatic rings. The molecule has 1 aromatic heterocycles. The normalized spacial score (nSPS) is 18.2. The van der Waals surface area contributed by atoms with Gasteiger partial charge in [0, 0.05) is 6.92 Å². The highest BCUT2D eigenvalue weighted by Gasteiger charge is 2.50. The van der Waals surface area contributed by atoms with Crippen molar-refractivity contribution in [3.8, 4) is 0 Å². The predicted octanol–water partition coefficient (Wildman–Crippen LogP) is 0.490. The van der Waals surface area contributed by atoms with E-state index in [4.69, 9.17) is 5.73 Å². The van der Waals surface area contributed by atoms with Gasteiger partial charge in [-0.05, 0) is 43.2 Å². The fourth-order valence-corrected chi connectivity index (χ4v) is 5.33. The molecule has 0 aliphatic heterocycles. The summed E-state index contributed by atoms with van der Waals surface area (Å²) in [5.41, 5.74) is 8.30. The van der Waals surface area contributed by atoms with Crippen LogP contribution in [0.1, 0.15) is 49.0 Å². The van der Waals surface area contributed by atoms with Crippen LogP contribution in [-0.2, 0) is 21.5 Å². The number of nitrogens with zero attached hydrogens (tertiary/aromatic N) is 2. The number of primary amides is 1. The number of carbonyl (C=O) groups is 2. The Kier molecular flexibility index (Phi) is 7.34. The largest absolute Gasteiger partial charge is 1.00 e. The lowest BCUT2D eigenvalue weighted by Gasteiger charge is -2.37. The van der Waals surface area contributed by atoms with Crippen molar-refractivity contribution in [1.82, 2.24) is 4.57 Å². The number of halogens is 1. The third-order valence-corrected chi connectivity index (χ3v) is 6.74. The van der Waals surface area contributed by atoms with Crippen LogP contribution in [0.4, 0.5) is 0 Å². The molecule has 2 N–H and O–H groups in total. The molecule has 1 aliphatic carbocycles. The lowest BCUT2D eigenvalue weighted by Crippen LogP contribution is -3.00. The predicted molar refractivity (Wildman–Crippen MR) is 119 cm³/mol. The Hall–Kier alpha value is -2.73. The van der Waals surface area contributed by atoms with E-state index in [2.05, 4.69) is 10.8 Å². The van der Waals surface area contributed by atoms with Gasteiger partial charge in [-0.1, -0.05) is 60.7 Å². The number of amides is 1. The SMILES string of the molecule is CC(=O)C[n+]1cn([C@H]2CC[C@H](C(C(N)=O)(c3ccccc3)c3ccccc3)C2)cc1C.[Br-]. The molecule has 1 amide bonds. The van der Waals surface area contributed by atoms with Crippen molar-refractivity contribution < 1.29 is 31.1 Å². The van der Waals surface area contributed by atoms with Crippen LogP contribution >= 0.6 is 0 Å². The Labute approximate surface area is 200 Å². The quantitative estimate of drug-likeness (QED) is 0.484. The molecule has 0 radical (unpaired) electrons. The summed E-state index contributed by atoms with van der Waals surface area (Å²) in [6, 6.07) is 20.2. The Bertz CT molecular complexity index is 1040. The van der Waals surface area contributed by atoms with E-state index in [0.29, 0.717) is 6.54 Å². The van der Waals surface area contributed by atoms with Crippen LogP contribution in [0.5, 0.6) is 0 Å². The molecule has 1 saturated carbocycles. The molecule has 2 atom stereocenters. The number of hydrogen-bond acceptors (Lipinski definition) is 2. The highest BCUT2D eigenvalue weighted by atomic mass is 79.9. The summed E-state index contributed by atoms with van der Waals surface area (Å²) in [6.45, 7) is 4.01. The number of nitrogens with two attached hydrogens (primary N) is 1. The van der Waals surface area contributed by atoms with E-state index in [-0.39, 0.29) is 40.6 Å². The molecule has 168 valence electrons. The van der Waals surface area contributed by atoms with Gasteiger partial charge in [-0.3, -0.25) is 9.59 Å². The molecule has 1 fully saturated rings. The summed E-state index contributed by atoms with van der Waals surface area (Å²) >= 11 is 0. The van der Waals surface area contributed by atoms with Crippen LogP contribution in [-0.4, -0.2) is 16.3 Å². The Morgan fingerprint density at radius 1 is 1.03 bits per heavy atom. The molecule has 2 aromatic carbocycles. The molecule has 0 spiro atoms. The smallest absolute Gasteiger partial charge is 0.244 e. The van der Waals surface area contributed by atoms with Gasteiger partial charge in [-0.25, -0.2) is 9.13 Å². The maximum absolute atomic E-state index is 13.2. The number of benzene rings is 2. The molecule has 1 aliphatic rings. The van der Waals surface area contributed by atoms with Crippen molar-refractivity contribution in [2.24, 2.45) is 11.7 Å². The monoisotopic (exact) mass is 495 g/mol. The Balaban J connectivity index is 0.00000289. The van der Waals surface area contributed by atoms with E-state index in [0.717, 1.165) is 36.1 Å². The van der Waals surface area contributed by atoms with E-state index in [1.165, 1.54) is 0 Å². The number of rotatable bonds is 7. The van der Waals surface area contributed by atoms with Crippen LogP contribution in [0.25, 0.3) is 0 Å². The van der Waals surface area contributed by atoms with Gasteiger partial charge in [-0.2, -0.15) is 0 Å². The minimum atomic E-state index is -0.866. The summed E-state index contributed by atoms with van der Waals surface area (Å²) in [6.07, 6.45) is 6.85. The summed E-state index contributed by atoms with van der Waals surface area (Å²) in [7, 11) is 0. The molecule has 4 rings (SSSR count). The number of hydrogen-bond donors (Lipinski definition) is 1. The first-order valence-corrected chi connectivity index (χ1v) is 10.9. The summed E-state index contributed by atoms with van der Waals surface area (Å²) in [5, 5.41) is 0. The Morgan fingerprint density at radius 2 is 1.59 bits per heavy atom. The second-order valence-electron chi connectivity index (χ2n) is 8.73. The molecule has 0 unspecified atom stereocenters. The second-order valence-corrected chi connectivity index (χ2v) is 8.73. The van der Waals surface area contributed by atoms with E-state index >= 15 is 0 Å². The zero-order chi connectivity index (χ0) is 22.0. The molecule has 0 bridgehead atoms. The van der Waals surface area contributed by atoms with Crippen LogP contribution in [0.15, 0.2) is 73.2 Å². The number of ketones is 1. The molecule has 6 heteroatoms. The number of aromatic nitrogens is 2. The average Bonchev–Trinajstić information content (AvgIpc) is 3.37. The van der Waals surface area contributed by atoms with Gasteiger partial charge < -0.3 is 22.7 Å². The number of carbonyl (C=O) groups excluding carboxylic acids is 2. The van der Waals surface area contributed by atoms with Crippen LogP contribution in [0.3, 0.4) is 0 Å². The number of aryl methyl sites for hydroxylation is 1.